The van der Waals surface area contributed by atoms with Crippen molar-refractivity contribution in [2.75, 3.05) is 0 Å². The third-order valence-corrected chi connectivity index (χ3v) is 12.7. The monoisotopic (exact) mass is 645 g/mol. The Morgan fingerprint density at radius 2 is 1.67 bits per heavy atom. The minimum Gasteiger partial charge on any atom is -0.366 e. The topological polar surface area (TPSA) is 48.2 Å². The van der Waals surface area contributed by atoms with Gasteiger partial charge < -0.3 is 5.32 Å². The van der Waals surface area contributed by atoms with Gasteiger partial charge in [-0.25, -0.2) is 0 Å². The highest BCUT2D eigenvalue weighted by Gasteiger charge is 2.39. The summed E-state index contributed by atoms with van der Waals surface area (Å²) in [5.41, 5.74) is 9.27. The standard InChI is InChI=1S/C46H51N3/c1-31-44(35-12-4-2-5-13-35)48-46(37-14-6-3-7-15-37)49-45(31)36-26-24-34(25-27-36)41-29-28-40(42-18-10-11-19-43(41)42)33-22-20-32(21-23-33)39-17-9-8-16-38(39)30-47/h2,4-5,8-9,12,14,16-17,20,22-28,31-32,35,41-45H,3,6-7,10-11,13,15,18-19,21,29H2,1H3,(H,48,49). The van der Waals surface area contributed by atoms with E-state index in [9.17, 15) is 5.26 Å². The zero-order chi connectivity index (χ0) is 33.2. The minimum atomic E-state index is 0.173. The van der Waals surface area contributed by atoms with Crippen LogP contribution in [0.1, 0.15) is 118 Å². The van der Waals surface area contributed by atoms with Crippen LogP contribution in [0.3, 0.4) is 0 Å². The highest BCUT2D eigenvalue weighted by Crippen LogP contribution is 2.51. The van der Waals surface area contributed by atoms with Gasteiger partial charge in [0.1, 0.15) is 5.84 Å². The molecule has 2 aromatic carbocycles. The summed E-state index contributed by atoms with van der Waals surface area (Å²) in [6.45, 7) is 2.41. The van der Waals surface area contributed by atoms with Gasteiger partial charge in [0.25, 0.3) is 0 Å². The lowest BCUT2D eigenvalue weighted by molar-refractivity contribution is 0.219. The molecule has 1 saturated carbocycles. The predicted octanol–water partition coefficient (Wildman–Crippen LogP) is 11.1. The summed E-state index contributed by atoms with van der Waals surface area (Å²) >= 11 is 0. The molecule has 3 nitrogen and oxygen atoms in total. The molecule has 0 amide bonds. The van der Waals surface area contributed by atoms with Gasteiger partial charge in [-0.3, -0.25) is 4.99 Å². The van der Waals surface area contributed by atoms with Crippen molar-refractivity contribution in [3.05, 3.63) is 142 Å². The van der Waals surface area contributed by atoms with E-state index in [0.717, 1.165) is 42.6 Å². The first-order valence-electron chi connectivity index (χ1n) is 19.2. The van der Waals surface area contributed by atoms with E-state index in [-0.39, 0.29) is 12.0 Å². The number of nitrogens with zero attached hydrogens (tertiary/aromatic N) is 2. The summed E-state index contributed by atoms with van der Waals surface area (Å²) in [6, 6.07) is 20.8. The van der Waals surface area contributed by atoms with Crippen molar-refractivity contribution in [3.63, 3.8) is 0 Å². The van der Waals surface area contributed by atoms with Crippen LogP contribution in [0.2, 0.25) is 0 Å². The van der Waals surface area contributed by atoms with Gasteiger partial charge in [0, 0.05) is 23.8 Å². The molecule has 1 fully saturated rings. The average molecular weight is 646 g/mol. The number of benzene rings is 2. The molecule has 0 spiro atoms. The van der Waals surface area contributed by atoms with Crippen molar-refractivity contribution < 1.29 is 0 Å². The molecule has 0 aromatic heterocycles. The second-order valence-corrected chi connectivity index (χ2v) is 15.4. The van der Waals surface area contributed by atoms with Crippen molar-refractivity contribution in [3.8, 4) is 6.07 Å². The van der Waals surface area contributed by atoms with Gasteiger partial charge in [0.05, 0.1) is 17.7 Å². The summed E-state index contributed by atoms with van der Waals surface area (Å²) in [7, 11) is 0. The molecule has 0 bridgehead atoms. The molecule has 1 heterocycles. The zero-order valence-corrected chi connectivity index (χ0v) is 29.1. The number of fused-ring (bicyclic) bond motifs is 1. The third kappa shape index (κ3) is 6.48. The lowest BCUT2D eigenvalue weighted by Crippen LogP contribution is -2.50. The molecule has 8 atom stereocenters. The Morgan fingerprint density at radius 1 is 0.816 bits per heavy atom. The van der Waals surface area contributed by atoms with Crippen LogP contribution in [0, 0.1) is 35.0 Å². The number of amidine groups is 1. The van der Waals surface area contributed by atoms with E-state index in [2.05, 4.69) is 109 Å². The Morgan fingerprint density at radius 3 is 2.45 bits per heavy atom. The summed E-state index contributed by atoms with van der Waals surface area (Å²) in [4.78, 5) is 5.46. The number of hydrogen-bond acceptors (Lipinski definition) is 3. The Labute approximate surface area is 294 Å². The molecule has 1 aliphatic heterocycles. The molecule has 5 aliphatic carbocycles. The highest BCUT2D eigenvalue weighted by atomic mass is 15.1. The Kier molecular flexibility index (Phi) is 9.40. The van der Waals surface area contributed by atoms with E-state index in [1.54, 1.807) is 5.57 Å². The van der Waals surface area contributed by atoms with Crippen molar-refractivity contribution in [1.82, 2.24) is 5.32 Å². The molecule has 8 rings (SSSR count). The van der Waals surface area contributed by atoms with E-state index in [1.807, 2.05) is 12.1 Å². The van der Waals surface area contributed by atoms with Gasteiger partial charge in [-0.15, -0.1) is 0 Å². The van der Waals surface area contributed by atoms with Gasteiger partial charge in [-0.1, -0.05) is 117 Å². The zero-order valence-electron chi connectivity index (χ0n) is 29.1. The molecule has 2 aromatic rings. The second-order valence-electron chi connectivity index (χ2n) is 15.4. The van der Waals surface area contributed by atoms with Crippen LogP contribution in [0.5, 0.6) is 0 Å². The van der Waals surface area contributed by atoms with E-state index in [1.165, 1.54) is 67.2 Å². The molecule has 3 heteroatoms. The smallest absolute Gasteiger partial charge is 0.124 e. The maximum atomic E-state index is 9.65. The summed E-state index contributed by atoms with van der Waals surface area (Å²) in [5, 5.41) is 13.6. The SMILES string of the molecule is CC1C(c2ccc(C3CC=C(C4=CCC(c5ccccc5C#N)C=C4)C4CCCCC43)cc2)N=C(C2=CCCCC2)NC1C1C=CC=CC1. The van der Waals surface area contributed by atoms with Gasteiger partial charge in [0.15, 0.2) is 0 Å². The molecule has 8 unspecified atom stereocenters. The molecule has 49 heavy (non-hydrogen) atoms. The van der Waals surface area contributed by atoms with Crippen LogP contribution in [0.15, 0.2) is 125 Å². The molecule has 6 aliphatic rings. The summed E-state index contributed by atoms with van der Waals surface area (Å²) in [5.74, 6) is 4.25. The van der Waals surface area contributed by atoms with Gasteiger partial charge in [-0.2, -0.15) is 5.26 Å². The number of aliphatic imine (C=N–C) groups is 1. The van der Waals surface area contributed by atoms with E-state index < -0.39 is 0 Å². The molecule has 1 N–H and O–H groups in total. The van der Waals surface area contributed by atoms with Gasteiger partial charge >= 0.3 is 0 Å². The van der Waals surface area contributed by atoms with Crippen LogP contribution in [0.25, 0.3) is 0 Å². The summed E-state index contributed by atoms with van der Waals surface area (Å²) < 4.78 is 0. The Balaban J connectivity index is 1.03. The van der Waals surface area contributed by atoms with Crippen molar-refractivity contribution in [2.24, 2.45) is 28.7 Å². The van der Waals surface area contributed by atoms with Gasteiger partial charge in [0.2, 0.25) is 0 Å². The maximum Gasteiger partial charge on any atom is 0.124 e. The number of rotatable bonds is 6. The lowest BCUT2D eigenvalue weighted by Gasteiger charge is -2.43. The lowest BCUT2D eigenvalue weighted by atomic mass is 9.62. The quantitative estimate of drug-likeness (QED) is 0.340. The van der Waals surface area contributed by atoms with Crippen molar-refractivity contribution in [1.29, 1.82) is 5.26 Å². The number of nitrogens with one attached hydrogen (secondary N) is 1. The second kappa shape index (κ2) is 14.4. The fourth-order valence-corrected chi connectivity index (χ4v) is 10.00. The van der Waals surface area contributed by atoms with E-state index >= 15 is 0 Å². The summed E-state index contributed by atoms with van der Waals surface area (Å²) in [6.07, 6.45) is 34.7. The number of allylic oxidation sites excluding steroid dienone is 10. The van der Waals surface area contributed by atoms with E-state index in [4.69, 9.17) is 4.99 Å². The maximum absolute atomic E-state index is 9.65. The van der Waals surface area contributed by atoms with Crippen molar-refractivity contribution in [2.45, 2.75) is 101 Å². The third-order valence-electron chi connectivity index (χ3n) is 12.7. The Bertz CT molecular complexity index is 1790. The van der Waals surface area contributed by atoms with Gasteiger partial charge in [-0.05, 0) is 115 Å². The van der Waals surface area contributed by atoms with Crippen LogP contribution in [-0.2, 0) is 0 Å². The first kappa shape index (κ1) is 32.1. The highest BCUT2D eigenvalue weighted by molar-refractivity contribution is 5.99. The van der Waals surface area contributed by atoms with Crippen LogP contribution >= 0.6 is 0 Å². The largest absolute Gasteiger partial charge is 0.366 e. The first-order valence-corrected chi connectivity index (χ1v) is 19.2. The fourth-order valence-electron chi connectivity index (χ4n) is 10.00. The average Bonchev–Trinajstić information content (AvgIpc) is 3.18. The normalized spacial score (nSPS) is 32.5. The molecule has 0 saturated heterocycles. The van der Waals surface area contributed by atoms with Crippen LogP contribution in [0.4, 0.5) is 0 Å². The fraction of sp³-hybridized carbons (Fsp3) is 0.435. The molecule has 250 valence electrons. The van der Waals surface area contributed by atoms with Crippen molar-refractivity contribution >= 4 is 5.84 Å². The first-order chi connectivity index (χ1) is 24.2. The molecular weight excluding hydrogens is 595 g/mol. The van der Waals surface area contributed by atoms with Crippen LogP contribution < -0.4 is 5.32 Å². The number of hydrogen-bond donors (Lipinski definition) is 1. The predicted molar refractivity (Wildman–Crippen MR) is 202 cm³/mol. The Hall–Kier alpha value is -4.16. The molecular formula is C46H51N3. The minimum absolute atomic E-state index is 0.173. The van der Waals surface area contributed by atoms with Crippen LogP contribution in [-0.4, -0.2) is 11.9 Å². The van der Waals surface area contributed by atoms with E-state index in [0.29, 0.717) is 35.6 Å². The molecule has 0 radical (unpaired) electrons. The number of nitriles is 1.